The van der Waals surface area contributed by atoms with Gasteiger partial charge in [-0.3, -0.25) is 0 Å². The second-order valence-electron chi connectivity index (χ2n) is 5.22. The maximum atomic E-state index is 12.2. The monoisotopic (exact) mass is 340 g/mol. The smallest absolute Gasteiger partial charge is 0.342 e. The van der Waals surface area contributed by atoms with Gasteiger partial charge in [-0.25, -0.2) is 9.59 Å². The minimum atomic E-state index is -0.438. The van der Waals surface area contributed by atoms with Gasteiger partial charge in [-0.15, -0.1) is 0 Å². The summed E-state index contributed by atoms with van der Waals surface area (Å²) in [7, 11) is 1.32. The Kier molecular flexibility index (Phi) is 6.34. The van der Waals surface area contributed by atoms with Gasteiger partial charge in [0.1, 0.15) is 17.1 Å². The third kappa shape index (κ3) is 4.94. The maximum absolute atomic E-state index is 12.2. The van der Waals surface area contributed by atoms with Crippen LogP contribution in [0, 0.1) is 0 Å². The van der Waals surface area contributed by atoms with Crippen molar-refractivity contribution in [3.8, 4) is 11.3 Å². The normalized spacial score (nSPS) is 11.6. The summed E-state index contributed by atoms with van der Waals surface area (Å²) in [5, 5.41) is 0. The van der Waals surface area contributed by atoms with Crippen molar-refractivity contribution in [2.45, 2.75) is 13.8 Å². The van der Waals surface area contributed by atoms with E-state index in [2.05, 4.69) is 4.74 Å². The fourth-order valence-corrected chi connectivity index (χ4v) is 2.16. The number of carbonyl (C=O) groups excluding carboxylic acids is 2. The molecule has 1 heterocycles. The molecule has 1 aromatic heterocycles. The molecule has 0 bridgehead atoms. The van der Waals surface area contributed by atoms with Gasteiger partial charge in [-0.2, -0.15) is 0 Å². The van der Waals surface area contributed by atoms with E-state index < -0.39 is 11.9 Å². The van der Waals surface area contributed by atoms with Gasteiger partial charge in [0.15, 0.2) is 0 Å². The molecule has 0 atom stereocenters. The largest absolute Gasteiger partial charge is 0.466 e. The molecule has 130 valence electrons. The van der Waals surface area contributed by atoms with Crippen LogP contribution in [0.5, 0.6) is 0 Å². The van der Waals surface area contributed by atoms with Crippen LogP contribution in [0.2, 0.25) is 0 Å². The summed E-state index contributed by atoms with van der Waals surface area (Å²) in [6, 6.07) is 11.0. The predicted molar refractivity (Wildman–Crippen MR) is 94.9 cm³/mol. The third-order valence-electron chi connectivity index (χ3n) is 3.34. The number of benzene rings is 1. The summed E-state index contributed by atoms with van der Waals surface area (Å²) in [4.78, 5) is 23.4. The Hall–Kier alpha value is -3.08. The van der Waals surface area contributed by atoms with Crippen LogP contribution in [0.1, 0.15) is 30.0 Å². The molecule has 0 aliphatic heterocycles. The first kappa shape index (κ1) is 18.3. The minimum absolute atomic E-state index is 0.282. The summed E-state index contributed by atoms with van der Waals surface area (Å²) < 4.78 is 15.5. The Labute approximate surface area is 146 Å². The molecule has 2 aromatic rings. The van der Waals surface area contributed by atoms with Gasteiger partial charge >= 0.3 is 11.9 Å². The molecular weight excluding hydrogens is 320 g/mol. The van der Waals surface area contributed by atoms with Crippen LogP contribution in [-0.4, -0.2) is 25.7 Å². The highest BCUT2D eigenvalue weighted by atomic mass is 16.5. The molecule has 0 saturated carbocycles. The minimum Gasteiger partial charge on any atom is -0.466 e. The highest BCUT2D eigenvalue weighted by Gasteiger charge is 2.19. The number of ether oxygens (including phenoxy) is 2. The topological polar surface area (TPSA) is 65.7 Å². The molecule has 1 aromatic carbocycles. The van der Waals surface area contributed by atoms with E-state index in [0.717, 1.165) is 5.56 Å². The number of allylic oxidation sites excluding steroid dienone is 2. The van der Waals surface area contributed by atoms with Crippen molar-refractivity contribution in [2.24, 2.45) is 0 Å². The molecule has 0 aliphatic rings. The van der Waals surface area contributed by atoms with Crippen LogP contribution in [-0.2, 0) is 14.3 Å². The molecule has 0 saturated heterocycles. The van der Waals surface area contributed by atoms with E-state index in [0.29, 0.717) is 22.7 Å². The first-order valence-electron chi connectivity index (χ1n) is 7.85. The molecule has 5 nitrogen and oxygen atoms in total. The average Bonchev–Trinajstić information content (AvgIpc) is 3.05. The van der Waals surface area contributed by atoms with Gasteiger partial charge in [0, 0.05) is 11.6 Å². The lowest BCUT2D eigenvalue weighted by atomic mass is 10.1. The number of methoxy groups -OCH3 is 1. The van der Waals surface area contributed by atoms with Crippen molar-refractivity contribution in [1.29, 1.82) is 0 Å². The van der Waals surface area contributed by atoms with Gasteiger partial charge < -0.3 is 13.9 Å². The van der Waals surface area contributed by atoms with E-state index in [1.54, 1.807) is 32.1 Å². The van der Waals surface area contributed by atoms with Crippen LogP contribution in [0.4, 0.5) is 0 Å². The van der Waals surface area contributed by atoms with E-state index in [-0.39, 0.29) is 6.61 Å². The van der Waals surface area contributed by atoms with Gasteiger partial charge in [-0.05, 0) is 31.6 Å². The zero-order chi connectivity index (χ0) is 18.2. The summed E-state index contributed by atoms with van der Waals surface area (Å²) >= 11 is 0. The molecule has 5 heteroatoms. The average molecular weight is 340 g/mol. The second kappa shape index (κ2) is 8.68. The molecule has 2 rings (SSSR count). The predicted octanol–water partition coefficient (Wildman–Crippen LogP) is 4.26. The van der Waals surface area contributed by atoms with Crippen LogP contribution in [0.25, 0.3) is 17.4 Å². The Morgan fingerprint density at radius 3 is 2.56 bits per heavy atom. The number of furan rings is 1. The van der Waals surface area contributed by atoms with Crippen molar-refractivity contribution < 1.29 is 23.5 Å². The van der Waals surface area contributed by atoms with Gasteiger partial charge in [0.25, 0.3) is 0 Å². The highest BCUT2D eigenvalue weighted by Crippen LogP contribution is 2.28. The van der Waals surface area contributed by atoms with Crippen LogP contribution < -0.4 is 0 Å². The Morgan fingerprint density at radius 2 is 1.92 bits per heavy atom. The van der Waals surface area contributed by atoms with Crippen LogP contribution >= 0.6 is 0 Å². The number of hydrogen-bond donors (Lipinski definition) is 0. The van der Waals surface area contributed by atoms with Crippen molar-refractivity contribution in [3.05, 3.63) is 65.4 Å². The second-order valence-corrected chi connectivity index (χ2v) is 5.22. The third-order valence-corrected chi connectivity index (χ3v) is 3.34. The SMILES string of the molecule is CCOC(=O)c1cc(/C=C/C(C)=C\C(=O)OC)oc1-c1ccccc1. The van der Waals surface area contributed by atoms with Crippen LogP contribution in [0.15, 0.2) is 58.5 Å². The Balaban J connectivity index is 2.36. The Morgan fingerprint density at radius 1 is 1.20 bits per heavy atom. The fraction of sp³-hybridized carbons (Fsp3) is 0.200. The zero-order valence-electron chi connectivity index (χ0n) is 14.4. The van der Waals surface area contributed by atoms with Crippen molar-refractivity contribution >= 4 is 18.0 Å². The summed E-state index contributed by atoms with van der Waals surface area (Å²) in [6.45, 7) is 3.80. The van der Waals surface area contributed by atoms with E-state index in [4.69, 9.17) is 9.15 Å². The van der Waals surface area contributed by atoms with E-state index >= 15 is 0 Å². The van der Waals surface area contributed by atoms with Crippen LogP contribution in [0.3, 0.4) is 0 Å². The summed E-state index contributed by atoms with van der Waals surface area (Å²) in [5.41, 5.74) is 1.84. The molecular formula is C20H20O5. The number of hydrogen-bond acceptors (Lipinski definition) is 5. The molecule has 0 fully saturated rings. The number of carbonyl (C=O) groups is 2. The number of esters is 2. The molecule has 0 unspecified atom stereocenters. The van der Waals surface area contributed by atoms with E-state index in [9.17, 15) is 9.59 Å². The van der Waals surface area contributed by atoms with Crippen molar-refractivity contribution in [2.75, 3.05) is 13.7 Å². The maximum Gasteiger partial charge on any atom is 0.342 e. The van der Waals surface area contributed by atoms with E-state index in [1.165, 1.54) is 13.2 Å². The Bertz CT molecular complexity index is 797. The summed E-state index contributed by atoms with van der Waals surface area (Å²) in [5.74, 6) is 0.0678. The van der Waals surface area contributed by atoms with E-state index in [1.807, 2.05) is 30.3 Å². The molecule has 25 heavy (non-hydrogen) atoms. The lowest BCUT2D eigenvalue weighted by Crippen LogP contribution is -2.04. The molecule has 0 amide bonds. The van der Waals surface area contributed by atoms with Crippen molar-refractivity contribution in [3.63, 3.8) is 0 Å². The lowest BCUT2D eigenvalue weighted by molar-refractivity contribution is -0.134. The first-order chi connectivity index (χ1) is 12.0. The molecule has 0 spiro atoms. The zero-order valence-corrected chi connectivity index (χ0v) is 14.4. The lowest BCUT2D eigenvalue weighted by Gasteiger charge is -2.02. The van der Waals surface area contributed by atoms with Gasteiger partial charge in [-0.1, -0.05) is 36.4 Å². The standard InChI is InChI=1S/C20H20O5/c1-4-24-20(22)17-13-16(11-10-14(2)12-18(21)23-3)25-19(17)15-8-6-5-7-9-15/h5-13H,4H2,1-3H3/b11-10+,14-12-. The highest BCUT2D eigenvalue weighted by molar-refractivity contribution is 5.96. The van der Waals surface area contributed by atoms with Gasteiger partial charge in [0.05, 0.1) is 13.7 Å². The molecule has 0 aliphatic carbocycles. The quantitative estimate of drug-likeness (QED) is 0.447. The van der Waals surface area contributed by atoms with Crippen molar-refractivity contribution in [1.82, 2.24) is 0 Å². The summed E-state index contributed by atoms with van der Waals surface area (Å²) in [6.07, 6.45) is 4.76. The fourth-order valence-electron chi connectivity index (χ4n) is 2.16. The number of rotatable bonds is 6. The first-order valence-corrected chi connectivity index (χ1v) is 7.85. The van der Waals surface area contributed by atoms with Gasteiger partial charge in [0.2, 0.25) is 0 Å². The molecule has 0 N–H and O–H groups in total. The molecule has 0 radical (unpaired) electrons.